The third-order valence-electron chi connectivity index (χ3n) is 3.37. The van der Waals surface area contributed by atoms with Crippen LogP contribution >= 0.6 is 0 Å². The van der Waals surface area contributed by atoms with Gasteiger partial charge < -0.3 is 15.1 Å². The lowest BCUT2D eigenvalue weighted by Gasteiger charge is -2.19. The highest BCUT2D eigenvalue weighted by Gasteiger charge is 2.32. The molecule has 9 nitrogen and oxygen atoms in total. The molecule has 114 valence electrons. The van der Waals surface area contributed by atoms with Gasteiger partial charge in [0.1, 0.15) is 0 Å². The van der Waals surface area contributed by atoms with E-state index in [1.54, 1.807) is 0 Å². The molecule has 0 bridgehead atoms. The van der Waals surface area contributed by atoms with Crippen molar-refractivity contribution in [2.24, 2.45) is 11.0 Å². The molecule has 9 heteroatoms. The van der Waals surface area contributed by atoms with Gasteiger partial charge in [-0.2, -0.15) is 0 Å². The Morgan fingerprint density at radius 3 is 2.68 bits per heavy atom. The maximum Gasteiger partial charge on any atom is 0.337 e. The second kappa shape index (κ2) is 6.15. The molecule has 0 saturated carbocycles. The highest BCUT2D eigenvalue weighted by Crippen LogP contribution is 2.29. The van der Waals surface area contributed by atoms with E-state index < -0.39 is 11.9 Å². The lowest BCUT2D eigenvalue weighted by molar-refractivity contribution is -0.117. The van der Waals surface area contributed by atoms with Gasteiger partial charge in [-0.25, -0.2) is 9.59 Å². The highest BCUT2D eigenvalue weighted by molar-refractivity contribution is 6.04. The minimum Gasteiger partial charge on any atom is -0.478 e. The maximum atomic E-state index is 12.0. The summed E-state index contributed by atoms with van der Waals surface area (Å²) in [7, 11) is 0. The number of benzene rings is 1. The number of amides is 1. The molecule has 22 heavy (non-hydrogen) atoms. The first-order valence-corrected chi connectivity index (χ1v) is 6.36. The number of carbonyl (C=O) groups is 3. The quantitative estimate of drug-likeness (QED) is 0.483. The van der Waals surface area contributed by atoms with Gasteiger partial charge in [0.05, 0.1) is 16.8 Å². The fourth-order valence-corrected chi connectivity index (χ4v) is 2.36. The van der Waals surface area contributed by atoms with E-state index >= 15 is 0 Å². The van der Waals surface area contributed by atoms with Crippen molar-refractivity contribution in [3.05, 3.63) is 39.8 Å². The van der Waals surface area contributed by atoms with E-state index in [-0.39, 0.29) is 48.1 Å². The van der Waals surface area contributed by atoms with Crippen LogP contribution in [0.4, 0.5) is 5.69 Å². The molecular weight excluding hydrogens is 292 g/mol. The van der Waals surface area contributed by atoms with Gasteiger partial charge in [-0.05, 0) is 29.6 Å². The molecule has 0 spiro atoms. The Kier molecular flexibility index (Phi) is 4.28. The van der Waals surface area contributed by atoms with Crippen molar-refractivity contribution in [2.75, 3.05) is 18.0 Å². The summed E-state index contributed by atoms with van der Waals surface area (Å²) in [5.41, 5.74) is 8.03. The van der Waals surface area contributed by atoms with Crippen molar-refractivity contribution in [2.45, 2.75) is 6.42 Å². The average molecular weight is 304 g/mol. The number of anilines is 1. The van der Waals surface area contributed by atoms with Gasteiger partial charge in [0, 0.05) is 24.4 Å². The molecule has 2 rings (SSSR count). The predicted molar refractivity (Wildman–Crippen MR) is 74.8 cm³/mol. The highest BCUT2D eigenvalue weighted by atomic mass is 16.4. The van der Waals surface area contributed by atoms with Crippen molar-refractivity contribution < 1.29 is 24.6 Å². The lowest BCUT2D eigenvalue weighted by Crippen LogP contribution is -2.27. The summed E-state index contributed by atoms with van der Waals surface area (Å²) >= 11 is 0. The average Bonchev–Trinajstić information content (AvgIpc) is 2.85. The number of hydrogen-bond acceptors (Lipinski definition) is 4. The van der Waals surface area contributed by atoms with Gasteiger partial charge >= 0.3 is 11.9 Å². The predicted octanol–water partition coefficient (Wildman–Crippen LogP) is 1.75. The molecule has 1 amide bonds. The Hall–Kier alpha value is -3.06. The number of azide groups is 1. The molecule has 1 atom stereocenters. The SMILES string of the molecule is [N-]=[N+]=NCC1CC(=O)N(c2ccc(C(=O)O)cc2C(=O)O)C1. The van der Waals surface area contributed by atoms with Crippen LogP contribution in [-0.4, -0.2) is 41.1 Å². The van der Waals surface area contributed by atoms with Crippen molar-refractivity contribution in [3.8, 4) is 0 Å². The van der Waals surface area contributed by atoms with Crippen molar-refractivity contribution in [1.82, 2.24) is 0 Å². The summed E-state index contributed by atoms with van der Waals surface area (Å²) in [6, 6.07) is 3.58. The Balaban J connectivity index is 2.35. The van der Waals surface area contributed by atoms with Crippen molar-refractivity contribution in [3.63, 3.8) is 0 Å². The van der Waals surface area contributed by atoms with E-state index in [4.69, 9.17) is 10.6 Å². The number of hydrogen-bond donors (Lipinski definition) is 2. The van der Waals surface area contributed by atoms with Crippen molar-refractivity contribution >= 4 is 23.5 Å². The van der Waals surface area contributed by atoms with Gasteiger partial charge in [-0.1, -0.05) is 5.11 Å². The van der Waals surface area contributed by atoms with E-state index in [1.807, 2.05) is 0 Å². The van der Waals surface area contributed by atoms with Crippen LogP contribution in [0.25, 0.3) is 10.4 Å². The molecule has 0 aromatic heterocycles. The topological polar surface area (TPSA) is 144 Å². The van der Waals surface area contributed by atoms with Crippen LogP contribution in [0.1, 0.15) is 27.1 Å². The van der Waals surface area contributed by atoms with Gasteiger partial charge in [-0.3, -0.25) is 4.79 Å². The number of carbonyl (C=O) groups excluding carboxylic acids is 1. The van der Waals surface area contributed by atoms with Crippen LogP contribution in [0.5, 0.6) is 0 Å². The normalized spacial score (nSPS) is 17.2. The van der Waals surface area contributed by atoms with Gasteiger partial charge in [0.25, 0.3) is 0 Å². The maximum absolute atomic E-state index is 12.0. The Morgan fingerprint density at radius 2 is 2.09 bits per heavy atom. The molecule has 1 fully saturated rings. The summed E-state index contributed by atoms with van der Waals surface area (Å²) in [5, 5.41) is 21.6. The van der Waals surface area contributed by atoms with Crippen LogP contribution in [0.3, 0.4) is 0 Å². The third kappa shape index (κ3) is 2.99. The summed E-state index contributed by atoms with van der Waals surface area (Å²) in [6.07, 6.45) is 0.152. The fraction of sp³-hybridized carbons (Fsp3) is 0.308. The van der Waals surface area contributed by atoms with E-state index in [9.17, 15) is 19.5 Å². The lowest BCUT2D eigenvalue weighted by atomic mass is 10.1. The second-order valence-electron chi connectivity index (χ2n) is 4.83. The van der Waals surface area contributed by atoms with Crippen LogP contribution in [0, 0.1) is 5.92 Å². The molecule has 1 aliphatic heterocycles. The summed E-state index contributed by atoms with van der Waals surface area (Å²) in [6.45, 7) is 0.374. The Bertz CT molecular complexity index is 696. The minimum atomic E-state index is -1.32. The van der Waals surface area contributed by atoms with E-state index in [0.29, 0.717) is 0 Å². The second-order valence-corrected chi connectivity index (χ2v) is 4.83. The third-order valence-corrected chi connectivity index (χ3v) is 3.37. The molecule has 1 unspecified atom stereocenters. The van der Waals surface area contributed by atoms with Crippen LogP contribution in [0.15, 0.2) is 23.3 Å². The smallest absolute Gasteiger partial charge is 0.337 e. The summed E-state index contributed by atoms with van der Waals surface area (Å²) in [5.74, 6) is -3.04. The molecule has 1 aliphatic rings. The molecule has 1 aromatic rings. The van der Waals surface area contributed by atoms with E-state index in [2.05, 4.69) is 10.0 Å². The Morgan fingerprint density at radius 1 is 1.36 bits per heavy atom. The molecule has 1 aromatic carbocycles. The molecule has 1 heterocycles. The summed E-state index contributed by atoms with van der Waals surface area (Å²) in [4.78, 5) is 38.2. The van der Waals surface area contributed by atoms with Crippen LogP contribution in [-0.2, 0) is 4.79 Å². The first-order chi connectivity index (χ1) is 10.4. The van der Waals surface area contributed by atoms with Crippen LogP contribution in [0.2, 0.25) is 0 Å². The largest absolute Gasteiger partial charge is 0.478 e. The zero-order chi connectivity index (χ0) is 16.3. The number of rotatable bonds is 5. The zero-order valence-corrected chi connectivity index (χ0v) is 11.3. The number of aromatic carboxylic acids is 2. The monoisotopic (exact) mass is 304 g/mol. The fourth-order valence-electron chi connectivity index (χ4n) is 2.36. The van der Waals surface area contributed by atoms with Crippen molar-refractivity contribution in [1.29, 1.82) is 0 Å². The molecule has 1 saturated heterocycles. The number of carboxylic acids is 2. The first-order valence-electron chi connectivity index (χ1n) is 6.36. The van der Waals surface area contributed by atoms with Gasteiger partial charge in [-0.15, -0.1) is 0 Å². The minimum absolute atomic E-state index is 0.144. The first kappa shape index (κ1) is 15.3. The Labute approximate surface area is 124 Å². The van der Waals surface area contributed by atoms with Gasteiger partial charge in [0.15, 0.2) is 0 Å². The van der Waals surface area contributed by atoms with Gasteiger partial charge in [0.2, 0.25) is 5.91 Å². The number of carboxylic acid groups (broad SMARTS) is 2. The van der Waals surface area contributed by atoms with E-state index in [1.165, 1.54) is 17.0 Å². The molecular formula is C13H12N4O5. The standard InChI is InChI=1S/C13H12N4O5/c14-16-15-5-7-3-11(18)17(6-7)10-2-1-8(12(19)20)4-9(10)13(21)22/h1-2,4,7H,3,5-6H2,(H,19,20)(H,21,22). The molecule has 2 N–H and O–H groups in total. The van der Waals surface area contributed by atoms with Crippen LogP contribution < -0.4 is 4.90 Å². The molecule has 0 radical (unpaired) electrons. The number of nitrogens with zero attached hydrogens (tertiary/aromatic N) is 4. The molecule has 0 aliphatic carbocycles. The van der Waals surface area contributed by atoms with E-state index in [0.717, 1.165) is 6.07 Å². The summed E-state index contributed by atoms with van der Waals surface area (Å²) < 4.78 is 0. The zero-order valence-electron chi connectivity index (χ0n) is 11.3.